The Morgan fingerprint density at radius 3 is 2.53 bits per heavy atom. The molecule has 3 heteroatoms. The van der Waals surface area contributed by atoms with Gasteiger partial charge in [-0.2, -0.15) is 5.10 Å². The van der Waals surface area contributed by atoms with Gasteiger partial charge in [0.05, 0.1) is 5.69 Å². The van der Waals surface area contributed by atoms with Crippen molar-refractivity contribution in [3.8, 4) is 0 Å². The Balaban J connectivity index is 2.80. The molecule has 86 valence electrons. The SMILES string of the molecule is CCn1nc(C)cc1CC(N)C(C)(C)C. The first kappa shape index (κ1) is 12.2. The zero-order chi connectivity index (χ0) is 11.6. The summed E-state index contributed by atoms with van der Waals surface area (Å²) in [7, 11) is 0. The van der Waals surface area contributed by atoms with E-state index in [1.165, 1.54) is 5.69 Å². The lowest BCUT2D eigenvalue weighted by Gasteiger charge is -2.27. The molecule has 0 spiro atoms. The van der Waals surface area contributed by atoms with Crippen molar-refractivity contribution in [1.82, 2.24) is 9.78 Å². The molecule has 0 fully saturated rings. The maximum atomic E-state index is 6.17. The highest BCUT2D eigenvalue weighted by molar-refractivity contribution is 5.11. The number of rotatable bonds is 3. The predicted octanol–water partition coefficient (Wildman–Crippen LogP) is 2.13. The molecule has 0 aliphatic carbocycles. The number of aryl methyl sites for hydroxylation is 2. The highest BCUT2D eigenvalue weighted by Gasteiger charge is 2.22. The molecule has 1 atom stereocenters. The average molecular weight is 209 g/mol. The van der Waals surface area contributed by atoms with Crippen LogP contribution in [-0.4, -0.2) is 15.8 Å². The van der Waals surface area contributed by atoms with Gasteiger partial charge in [-0.15, -0.1) is 0 Å². The Kier molecular flexibility index (Phi) is 3.55. The number of hydrogen-bond donors (Lipinski definition) is 1. The summed E-state index contributed by atoms with van der Waals surface area (Å²) in [5, 5.41) is 4.43. The molecule has 3 nitrogen and oxygen atoms in total. The van der Waals surface area contributed by atoms with Crippen LogP contribution in [0, 0.1) is 12.3 Å². The highest BCUT2D eigenvalue weighted by Crippen LogP contribution is 2.21. The summed E-state index contributed by atoms with van der Waals surface area (Å²) in [6.45, 7) is 11.6. The first-order valence-electron chi connectivity index (χ1n) is 5.63. The summed E-state index contributed by atoms with van der Waals surface area (Å²) in [5.74, 6) is 0. The zero-order valence-corrected chi connectivity index (χ0v) is 10.5. The van der Waals surface area contributed by atoms with E-state index in [2.05, 4.69) is 38.9 Å². The van der Waals surface area contributed by atoms with Crippen LogP contribution in [-0.2, 0) is 13.0 Å². The van der Waals surface area contributed by atoms with E-state index >= 15 is 0 Å². The third-order valence-electron chi connectivity index (χ3n) is 2.83. The normalized spacial score (nSPS) is 14.3. The number of hydrogen-bond acceptors (Lipinski definition) is 2. The van der Waals surface area contributed by atoms with Crippen LogP contribution in [0.3, 0.4) is 0 Å². The Morgan fingerprint density at radius 1 is 1.47 bits per heavy atom. The Bertz CT molecular complexity index is 320. The lowest BCUT2D eigenvalue weighted by atomic mass is 9.85. The predicted molar refractivity (Wildman–Crippen MR) is 63.8 cm³/mol. The van der Waals surface area contributed by atoms with Crippen molar-refractivity contribution in [3.63, 3.8) is 0 Å². The van der Waals surface area contributed by atoms with Crippen molar-refractivity contribution in [2.24, 2.45) is 11.1 Å². The number of aromatic nitrogens is 2. The molecule has 1 unspecified atom stereocenters. The second-order valence-corrected chi connectivity index (χ2v) is 5.27. The molecule has 0 saturated heterocycles. The topological polar surface area (TPSA) is 43.8 Å². The first-order chi connectivity index (χ1) is 6.84. The summed E-state index contributed by atoms with van der Waals surface area (Å²) in [5.41, 5.74) is 8.65. The van der Waals surface area contributed by atoms with Crippen LogP contribution < -0.4 is 5.73 Å². The van der Waals surface area contributed by atoms with Gasteiger partial charge in [-0.1, -0.05) is 20.8 Å². The Morgan fingerprint density at radius 2 is 2.07 bits per heavy atom. The van der Waals surface area contributed by atoms with Gasteiger partial charge in [-0.05, 0) is 25.3 Å². The second-order valence-electron chi connectivity index (χ2n) is 5.27. The Hall–Kier alpha value is -0.830. The van der Waals surface area contributed by atoms with Crippen LogP contribution in [0.4, 0.5) is 0 Å². The molecule has 0 saturated carbocycles. The van der Waals surface area contributed by atoms with Crippen LogP contribution in [0.15, 0.2) is 6.07 Å². The van der Waals surface area contributed by atoms with Gasteiger partial charge in [0.2, 0.25) is 0 Å². The summed E-state index contributed by atoms with van der Waals surface area (Å²) >= 11 is 0. The van der Waals surface area contributed by atoms with Gasteiger partial charge >= 0.3 is 0 Å². The van der Waals surface area contributed by atoms with Crippen molar-refractivity contribution >= 4 is 0 Å². The van der Waals surface area contributed by atoms with Gasteiger partial charge in [-0.25, -0.2) is 0 Å². The van der Waals surface area contributed by atoms with Gasteiger partial charge in [0.15, 0.2) is 0 Å². The van der Waals surface area contributed by atoms with Crippen molar-refractivity contribution in [3.05, 3.63) is 17.5 Å². The molecular weight excluding hydrogens is 186 g/mol. The second kappa shape index (κ2) is 4.35. The van der Waals surface area contributed by atoms with E-state index in [1.807, 2.05) is 11.6 Å². The summed E-state index contributed by atoms with van der Waals surface area (Å²) in [4.78, 5) is 0. The van der Waals surface area contributed by atoms with Gasteiger partial charge in [-0.3, -0.25) is 4.68 Å². The summed E-state index contributed by atoms with van der Waals surface area (Å²) < 4.78 is 2.04. The summed E-state index contributed by atoms with van der Waals surface area (Å²) in [6, 6.07) is 2.31. The lowest BCUT2D eigenvalue weighted by Crippen LogP contribution is -2.37. The Labute approximate surface area is 92.7 Å². The van der Waals surface area contributed by atoms with E-state index in [4.69, 9.17) is 5.73 Å². The van der Waals surface area contributed by atoms with Crippen LogP contribution >= 0.6 is 0 Å². The van der Waals surface area contributed by atoms with Gasteiger partial charge in [0.1, 0.15) is 0 Å². The van der Waals surface area contributed by atoms with Crippen LogP contribution in [0.25, 0.3) is 0 Å². The van der Waals surface area contributed by atoms with E-state index in [-0.39, 0.29) is 11.5 Å². The molecule has 1 aromatic heterocycles. The smallest absolute Gasteiger partial charge is 0.0596 e. The largest absolute Gasteiger partial charge is 0.327 e. The average Bonchev–Trinajstić information content (AvgIpc) is 2.44. The molecule has 0 amide bonds. The minimum Gasteiger partial charge on any atom is -0.327 e. The minimum absolute atomic E-state index is 0.150. The van der Waals surface area contributed by atoms with Crippen molar-refractivity contribution in [2.75, 3.05) is 0 Å². The molecule has 0 radical (unpaired) electrons. The summed E-state index contributed by atoms with van der Waals surface area (Å²) in [6.07, 6.45) is 0.901. The quantitative estimate of drug-likeness (QED) is 0.828. The zero-order valence-electron chi connectivity index (χ0n) is 10.5. The monoisotopic (exact) mass is 209 g/mol. The fraction of sp³-hybridized carbons (Fsp3) is 0.750. The highest BCUT2D eigenvalue weighted by atomic mass is 15.3. The molecular formula is C12H23N3. The fourth-order valence-electron chi connectivity index (χ4n) is 1.57. The number of nitrogens with zero attached hydrogens (tertiary/aromatic N) is 2. The maximum absolute atomic E-state index is 6.17. The van der Waals surface area contributed by atoms with Crippen LogP contribution in [0.1, 0.15) is 39.1 Å². The van der Waals surface area contributed by atoms with Crippen molar-refractivity contribution in [1.29, 1.82) is 0 Å². The molecule has 2 N–H and O–H groups in total. The first-order valence-corrected chi connectivity index (χ1v) is 5.63. The molecule has 1 aromatic rings. The molecule has 0 aliphatic heterocycles. The third kappa shape index (κ3) is 3.06. The van der Waals surface area contributed by atoms with E-state index in [0.29, 0.717) is 0 Å². The molecule has 0 aliphatic rings. The van der Waals surface area contributed by atoms with Gasteiger partial charge in [0.25, 0.3) is 0 Å². The fourth-order valence-corrected chi connectivity index (χ4v) is 1.57. The molecule has 1 heterocycles. The van der Waals surface area contributed by atoms with Crippen molar-refractivity contribution in [2.45, 2.75) is 53.6 Å². The molecule has 0 bridgehead atoms. The maximum Gasteiger partial charge on any atom is 0.0596 e. The van der Waals surface area contributed by atoms with Crippen LogP contribution in [0.5, 0.6) is 0 Å². The van der Waals surface area contributed by atoms with Crippen LogP contribution in [0.2, 0.25) is 0 Å². The molecule has 15 heavy (non-hydrogen) atoms. The molecule has 1 rings (SSSR count). The third-order valence-corrected chi connectivity index (χ3v) is 2.83. The van der Waals surface area contributed by atoms with Crippen molar-refractivity contribution < 1.29 is 0 Å². The van der Waals surface area contributed by atoms with E-state index in [0.717, 1.165) is 18.7 Å². The minimum atomic E-state index is 0.150. The molecule has 0 aromatic carbocycles. The number of nitrogens with two attached hydrogens (primary N) is 1. The van der Waals surface area contributed by atoms with E-state index < -0.39 is 0 Å². The van der Waals surface area contributed by atoms with Gasteiger partial charge in [0, 0.05) is 24.7 Å². The standard InChI is InChI=1S/C12H23N3/c1-6-15-10(7-9(2)14-15)8-11(13)12(3,4)5/h7,11H,6,8,13H2,1-5H3. The van der Waals surface area contributed by atoms with E-state index in [1.54, 1.807) is 0 Å². The lowest BCUT2D eigenvalue weighted by molar-refractivity contribution is 0.313. The van der Waals surface area contributed by atoms with Gasteiger partial charge < -0.3 is 5.73 Å². The van der Waals surface area contributed by atoms with E-state index in [9.17, 15) is 0 Å².